The van der Waals surface area contributed by atoms with E-state index in [1.165, 1.54) is 56.9 Å². The summed E-state index contributed by atoms with van der Waals surface area (Å²) in [4.78, 5) is 0. The average Bonchev–Trinajstić information content (AvgIpc) is 3.48. The molecule has 0 amide bonds. The minimum Gasteiger partial charge on any atom is -0.118 e. The van der Waals surface area contributed by atoms with Crippen molar-refractivity contribution in [3.63, 3.8) is 0 Å². The summed E-state index contributed by atoms with van der Waals surface area (Å²) in [6, 6.07) is 0. The maximum atomic E-state index is 2.34. The molecule has 0 saturated heterocycles. The minimum atomic E-state index is 1.17. The van der Waals surface area contributed by atoms with Crippen LogP contribution in [0.3, 0.4) is 0 Å². The van der Waals surface area contributed by atoms with E-state index in [1.807, 2.05) is 141 Å². The van der Waals surface area contributed by atoms with Crippen LogP contribution in [0.1, 0.15) is 0 Å². The van der Waals surface area contributed by atoms with Crippen LogP contribution < -0.4 is 0 Å². The summed E-state index contributed by atoms with van der Waals surface area (Å²) in [5.41, 5.74) is 0. The first-order valence-corrected chi connectivity index (χ1v) is 18.7. The molecule has 0 aromatic carbocycles. The van der Waals surface area contributed by atoms with Crippen molar-refractivity contribution in [1.82, 2.24) is 0 Å². The summed E-state index contributed by atoms with van der Waals surface area (Å²) < 4.78 is 11.7. The van der Waals surface area contributed by atoms with Crippen molar-refractivity contribution < 1.29 is 0 Å². The first-order chi connectivity index (χ1) is 13.8. The van der Waals surface area contributed by atoms with E-state index in [4.69, 9.17) is 0 Å². The fourth-order valence-corrected chi connectivity index (χ4v) is 17.7. The molecule has 0 saturated carbocycles. The van der Waals surface area contributed by atoms with Gasteiger partial charge in [-0.15, -0.1) is 47.0 Å². The summed E-state index contributed by atoms with van der Waals surface area (Å²) >= 11 is 23.5. The lowest BCUT2D eigenvalue weighted by Gasteiger charge is -2.06. The highest BCUT2D eigenvalue weighted by Crippen LogP contribution is 2.60. The monoisotopic (exact) mass is 588 g/mol. The molecule has 28 heavy (non-hydrogen) atoms. The highest BCUT2D eigenvalue weighted by Gasteiger charge is 2.24. The lowest BCUT2D eigenvalue weighted by atomic mass is 11.0. The van der Waals surface area contributed by atoms with Gasteiger partial charge >= 0.3 is 0 Å². The fourth-order valence-electron chi connectivity index (χ4n) is 2.15. The van der Waals surface area contributed by atoms with Crippen molar-refractivity contribution in [1.29, 1.82) is 0 Å². The van der Waals surface area contributed by atoms with Gasteiger partial charge in [0, 0.05) is 23.0 Å². The Balaban J connectivity index is 1.25. The van der Waals surface area contributed by atoms with Gasteiger partial charge in [-0.05, 0) is 21.6 Å². The largest absolute Gasteiger partial charge is 0.118 e. The summed E-state index contributed by atoms with van der Waals surface area (Å²) in [6.45, 7) is 0. The van der Waals surface area contributed by atoms with Gasteiger partial charge in [-0.1, -0.05) is 94.1 Å². The second-order valence-electron chi connectivity index (χ2n) is 5.17. The van der Waals surface area contributed by atoms with Gasteiger partial charge in [0.2, 0.25) is 0 Å². The summed E-state index contributed by atoms with van der Waals surface area (Å²) in [6.07, 6.45) is 0. The molecule has 0 spiro atoms. The maximum Gasteiger partial charge on any atom is 0.0706 e. The van der Waals surface area contributed by atoms with Crippen LogP contribution in [-0.4, -0.2) is 23.0 Å². The van der Waals surface area contributed by atoms with E-state index in [-0.39, 0.29) is 0 Å². The minimum absolute atomic E-state index is 1.17. The first kappa shape index (κ1) is 22.4. The molecule has 5 aliphatic rings. The van der Waals surface area contributed by atoms with E-state index >= 15 is 0 Å². The molecule has 0 unspecified atom stereocenters. The Labute approximate surface area is 217 Å². The first-order valence-electron chi connectivity index (χ1n) is 8.02. The topological polar surface area (TPSA) is 0 Å². The second kappa shape index (κ2) is 11.2. The standard InChI is InChI=1S/C16H12S12/c1-2-18-10-6-22-15(26-10)16-24-8-12(28-16)20-4-3-19-11-7-23-14(27-11)13-21-5-9(17-1)25-13/h5-8H,1-4H2/b14-13-,16-15+. The average molecular weight is 589 g/mol. The van der Waals surface area contributed by atoms with Crippen LogP contribution >= 0.6 is 141 Å². The molecule has 12 heteroatoms. The maximum absolute atomic E-state index is 2.34. The second-order valence-corrected chi connectivity index (χ2v) is 19.5. The number of hydrogen-bond acceptors (Lipinski definition) is 12. The molecule has 5 aliphatic heterocycles. The Bertz CT molecular complexity index is 708. The van der Waals surface area contributed by atoms with Gasteiger partial charge in [-0.2, -0.15) is 0 Å². The number of fused-ring (bicyclic) bond motifs is 8. The number of thioether (sulfide) groups is 12. The highest BCUT2D eigenvalue weighted by atomic mass is 32.3. The molecule has 0 aromatic heterocycles. The molecule has 0 aromatic rings. The fraction of sp³-hybridized carbons (Fsp3) is 0.250. The van der Waals surface area contributed by atoms with Gasteiger partial charge in [-0.25, -0.2) is 0 Å². The van der Waals surface area contributed by atoms with Gasteiger partial charge in [0.15, 0.2) is 0 Å². The molecule has 5 heterocycles. The van der Waals surface area contributed by atoms with Gasteiger partial charge < -0.3 is 0 Å². The zero-order chi connectivity index (χ0) is 18.8. The van der Waals surface area contributed by atoms with Gasteiger partial charge in [-0.3, -0.25) is 0 Å². The molecule has 0 radical (unpaired) electrons. The van der Waals surface area contributed by atoms with Crippen LogP contribution in [0.25, 0.3) is 0 Å². The third kappa shape index (κ3) is 5.95. The van der Waals surface area contributed by atoms with Crippen molar-refractivity contribution in [2.75, 3.05) is 23.0 Å². The third-order valence-corrected chi connectivity index (χ3v) is 19.8. The zero-order valence-electron chi connectivity index (χ0n) is 14.0. The van der Waals surface area contributed by atoms with E-state index in [1.54, 1.807) is 0 Å². The van der Waals surface area contributed by atoms with Crippen molar-refractivity contribution in [3.8, 4) is 0 Å². The quantitative estimate of drug-likeness (QED) is 0.264. The molecular formula is C16H12S12. The van der Waals surface area contributed by atoms with Gasteiger partial charge in [0.25, 0.3) is 0 Å². The van der Waals surface area contributed by atoms with Gasteiger partial charge in [0.1, 0.15) is 0 Å². The Hall–Kier alpha value is 2.64. The Morgan fingerprint density at radius 3 is 0.893 bits per heavy atom. The lowest BCUT2D eigenvalue weighted by molar-refractivity contribution is 1.57. The summed E-state index contributed by atoms with van der Waals surface area (Å²) in [7, 11) is 0. The molecule has 5 rings (SSSR count). The van der Waals surface area contributed by atoms with E-state index in [2.05, 4.69) is 21.6 Å². The number of hydrogen-bond donors (Lipinski definition) is 0. The molecule has 0 atom stereocenters. The van der Waals surface area contributed by atoms with Crippen molar-refractivity contribution >= 4 is 141 Å². The van der Waals surface area contributed by atoms with E-state index in [0.29, 0.717) is 0 Å². The summed E-state index contributed by atoms with van der Waals surface area (Å²) in [5, 5.41) is 9.37. The molecule has 0 aliphatic carbocycles. The van der Waals surface area contributed by atoms with E-state index < -0.39 is 0 Å². The van der Waals surface area contributed by atoms with E-state index in [9.17, 15) is 0 Å². The molecule has 8 bridgehead atoms. The van der Waals surface area contributed by atoms with E-state index in [0.717, 1.165) is 0 Å². The van der Waals surface area contributed by atoms with Gasteiger partial charge in [0.05, 0.1) is 33.9 Å². The number of rotatable bonds is 0. The lowest BCUT2D eigenvalue weighted by Crippen LogP contribution is -1.83. The predicted molar refractivity (Wildman–Crippen MR) is 157 cm³/mol. The normalized spacial score (nSPS) is 31.4. The highest BCUT2D eigenvalue weighted by molar-refractivity contribution is 8.41. The Morgan fingerprint density at radius 1 is 0.393 bits per heavy atom. The molecule has 0 fully saturated rings. The Kier molecular flexibility index (Phi) is 8.95. The summed E-state index contributed by atoms with van der Waals surface area (Å²) in [5.74, 6) is 4.69. The van der Waals surface area contributed by atoms with Crippen LogP contribution in [0, 0.1) is 0 Å². The van der Waals surface area contributed by atoms with Crippen molar-refractivity contribution in [2.45, 2.75) is 0 Å². The molecular weight excluding hydrogens is 577 g/mol. The van der Waals surface area contributed by atoms with Crippen LogP contribution in [-0.2, 0) is 0 Å². The molecule has 148 valence electrons. The molecule has 0 nitrogen and oxygen atoms in total. The van der Waals surface area contributed by atoms with Crippen LogP contribution in [0.15, 0.2) is 55.5 Å². The zero-order valence-corrected chi connectivity index (χ0v) is 23.8. The van der Waals surface area contributed by atoms with Crippen LogP contribution in [0.4, 0.5) is 0 Å². The van der Waals surface area contributed by atoms with Crippen molar-refractivity contribution in [2.24, 2.45) is 0 Å². The molecule has 0 N–H and O–H groups in total. The van der Waals surface area contributed by atoms with Crippen molar-refractivity contribution in [3.05, 3.63) is 55.5 Å². The SMILES string of the molecule is C1=C2SCCSC3=CS/C(=C4/SC=C(SCCSC5=CS/C(=C(\S1)S2)S5)S4)S3. The third-order valence-electron chi connectivity index (χ3n) is 3.30. The Morgan fingerprint density at radius 2 is 0.643 bits per heavy atom. The smallest absolute Gasteiger partial charge is 0.0706 e. The predicted octanol–water partition coefficient (Wildman–Crippen LogP) is 10.3. The van der Waals surface area contributed by atoms with Crippen LogP contribution in [0.2, 0.25) is 0 Å². The van der Waals surface area contributed by atoms with Crippen LogP contribution in [0.5, 0.6) is 0 Å².